The summed E-state index contributed by atoms with van der Waals surface area (Å²) in [6.07, 6.45) is 0. The summed E-state index contributed by atoms with van der Waals surface area (Å²) in [7, 11) is -1.60. The van der Waals surface area contributed by atoms with E-state index in [4.69, 9.17) is 15.2 Å². The highest BCUT2D eigenvalue weighted by Crippen LogP contribution is 2.02. The lowest BCUT2D eigenvalue weighted by Crippen LogP contribution is -2.29. The fourth-order valence-corrected chi connectivity index (χ4v) is 0.706. The van der Waals surface area contributed by atoms with Crippen LogP contribution in [0.5, 0.6) is 5.75 Å². The first-order chi connectivity index (χ1) is 4.72. The van der Waals surface area contributed by atoms with Crippen molar-refractivity contribution < 1.29 is 15.2 Å². The number of phenols is 1. The highest BCUT2D eigenvalue weighted by molar-refractivity contribution is 6.59. The van der Waals surface area contributed by atoms with E-state index >= 15 is 0 Å². The van der Waals surface area contributed by atoms with E-state index < -0.39 is 7.12 Å². The van der Waals surface area contributed by atoms with Crippen molar-refractivity contribution in [3.8, 4) is 5.75 Å². The van der Waals surface area contributed by atoms with E-state index in [-0.39, 0.29) is 23.5 Å². The Morgan fingerprint density at radius 1 is 1.00 bits per heavy atom. The maximum atomic E-state index is 8.96. The summed E-state index contributed by atoms with van der Waals surface area (Å²) in [6, 6.07) is 6.07. The van der Waals surface area contributed by atoms with E-state index in [1.807, 2.05) is 0 Å². The normalized spacial score (nSPS) is 7.83. The van der Waals surface area contributed by atoms with E-state index in [1.54, 1.807) is 12.1 Å². The molecule has 0 amide bonds. The highest BCUT2D eigenvalue weighted by Gasteiger charge is 2.13. The summed E-state index contributed by atoms with van der Waals surface area (Å²) in [6.45, 7) is 0. The van der Waals surface area contributed by atoms with E-state index in [0.29, 0.717) is 0 Å². The first-order valence-electron chi connectivity index (χ1n) is 2.86. The summed E-state index contributed by atoms with van der Waals surface area (Å²) in [5.41, 5.74) is 0.127. The predicted molar refractivity (Wildman–Crippen MR) is 42.2 cm³/mol. The minimum atomic E-state index is -1.60. The average molecular weight is 166 g/mol. The van der Waals surface area contributed by atoms with Gasteiger partial charge in [0.25, 0.3) is 0 Å². The number of rotatable bonds is 1. The summed E-state index contributed by atoms with van der Waals surface area (Å²) in [4.78, 5) is 0. The number of phenolic OH excluding ortho intramolecular Hbond substituents is 1. The summed E-state index contributed by atoms with van der Waals surface area (Å²) < 4.78 is 0. The van der Waals surface area contributed by atoms with Crippen molar-refractivity contribution in [1.82, 2.24) is 12.3 Å². The van der Waals surface area contributed by atoms with Gasteiger partial charge in [-0.25, -0.2) is 0 Å². The number of para-hydroxylation sites is 1. The third-order valence-electron chi connectivity index (χ3n) is 1.21. The maximum absolute atomic E-state index is 8.96. The second-order valence-electron chi connectivity index (χ2n) is 1.93. The Labute approximate surface area is 71.0 Å². The first-order valence-corrected chi connectivity index (χ1v) is 2.86. The molecule has 6 radical (unpaired) electrons. The third-order valence-corrected chi connectivity index (χ3v) is 1.21. The zero-order chi connectivity index (χ0) is 7.56. The molecule has 1 aromatic rings. The molecule has 0 atom stereocenters. The molecule has 0 aliphatic rings. The minimum Gasteiger partial charge on any atom is -0.508 e. The van der Waals surface area contributed by atoms with Crippen molar-refractivity contribution >= 4 is 12.6 Å². The second-order valence-corrected chi connectivity index (χ2v) is 1.93. The van der Waals surface area contributed by atoms with Crippen LogP contribution < -0.4 is 17.8 Å². The van der Waals surface area contributed by atoms with E-state index in [9.17, 15) is 0 Å². The molecule has 1 aromatic carbocycles. The lowest BCUT2D eigenvalue weighted by atomic mass is 9.80. The molecule has 3 N–H and O–H groups in total. The Morgan fingerprint density at radius 3 is 1.83 bits per heavy atom. The van der Waals surface area contributed by atoms with E-state index in [2.05, 4.69) is 0 Å². The van der Waals surface area contributed by atoms with Crippen LogP contribution in [-0.2, 0) is 0 Å². The third kappa shape index (κ3) is 2.89. The van der Waals surface area contributed by atoms with Gasteiger partial charge in [-0.2, -0.15) is 0 Å². The molecule has 5 nitrogen and oxygen atoms in total. The molecular weight excluding hydrogens is 159 g/mol. The van der Waals surface area contributed by atoms with Crippen molar-refractivity contribution in [3.05, 3.63) is 24.3 Å². The molecule has 12 heavy (non-hydrogen) atoms. The van der Waals surface area contributed by atoms with Crippen molar-refractivity contribution in [3.63, 3.8) is 0 Å². The zero-order valence-corrected chi connectivity index (χ0v) is 6.12. The van der Waals surface area contributed by atoms with Crippen LogP contribution in [0.2, 0.25) is 0 Å². The lowest BCUT2D eigenvalue weighted by molar-refractivity contribution is 0.419. The summed E-state index contributed by atoms with van der Waals surface area (Å²) in [5.74, 6) is -0.0995. The van der Waals surface area contributed by atoms with Crippen LogP contribution in [0.25, 0.3) is 0 Å². The van der Waals surface area contributed by atoms with Crippen LogP contribution in [0.1, 0.15) is 0 Å². The van der Waals surface area contributed by atoms with Gasteiger partial charge in [-0.15, -0.1) is 0 Å². The van der Waals surface area contributed by atoms with Crippen LogP contribution in [0.15, 0.2) is 24.3 Å². The minimum absolute atomic E-state index is 0. The molecule has 0 unspecified atom stereocenters. The van der Waals surface area contributed by atoms with Gasteiger partial charge < -0.3 is 15.2 Å². The molecule has 1 rings (SSSR count). The van der Waals surface area contributed by atoms with Crippen LogP contribution in [0, 0.1) is 0 Å². The Kier molecular flexibility index (Phi) is 6.26. The molecule has 0 fully saturated rings. The molecular formula is C6H7BN2O3. The Bertz CT molecular complexity index is 232. The van der Waals surface area contributed by atoms with Gasteiger partial charge in [-0.1, -0.05) is 18.2 Å². The quantitative estimate of drug-likeness (QED) is 0.422. The van der Waals surface area contributed by atoms with Crippen LogP contribution in [0.3, 0.4) is 0 Å². The molecule has 0 spiro atoms. The lowest BCUT2D eigenvalue weighted by Gasteiger charge is -1.99. The van der Waals surface area contributed by atoms with Crippen LogP contribution in [-0.4, -0.2) is 22.3 Å². The van der Waals surface area contributed by atoms with Crippen LogP contribution in [0.4, 0.5) is 0 Å². The number of hydrogen-bond acceptors (Lipinski definition) is 3. The van der Waals surface area contributed by atoms with Gasteiger partial charge in [0.1, 0.15) is 5.75 Å². The van der Waals surface area contributed by atoms with Crippen LogP contribution >= 0.6 is 0 Å². The Morgan fingerprint density at radius 2 is 1.50 bits per heavy atom. The molecule has 6 heteroatoms. The van der Waals surface area contributed by atoms with E-state index in [1.165, 1.54) is 12.1 Å². The molecule has 0 aliphatic heterocycles. The molecule has 0 bridgehead atoms. The fraction of sp³-hybridized carbons (Fsp3) is 0. The maximum Gasteiger partial charge on any atom is 0.492 e. The molecule has 62 valence electrons. The number of aromatic hydroxyl groups is 1. The van der Waals surface area contributed by atoms with Crippen molar-refractivity contribution in [2.75, 3.05) is 0 Å². The van der Waals surface area contributed by atoms with Gasteiger partial charge in [-0.05, 0) is 6.07 Å². The standard InChI is InChI=1S/C6H7BO3.2N/c8-6-4-2-1-3-5(6)7(9)10;;/h1-4,8-10H;;. The smallest absolute Gasteiger partial charge is 0.492 e. The van der Waals surface area contributed by atoms with Gasteiger partial charge in [-0.3, -0.25) is 0 Å². The van der Waals surface area contributed by atoms with Gasteiger partial charge >= 0.3 is 7.12 Å². The second kappa shape index (κ2) is 5.56. The van der Waals surface area contributed by atoms with Crippen molar-refractivity contribution in [1.29, 1.82) is 0 Å². The first kappa shape index (κ1) is 13.5. The average Bonchev–Trinajstić information content (AvgIpc) is 1.88. The predicted octanol–water partition coefficient (Wildman–Crippen LogP) is -1.89. The molecule has 0 saturated carbocycles. The number of hydrogen-bond donors (Lipinski definition) is 3. The molecule has 0 saturated heterocycles. The zero-order valence-electron chi connectivity index (χ0n) is 6.12. The highest BCUT2D eigenvalue weighted by atomic mass is 16.4. The number of benzene rings is 1. The van der Waals surface area contributed by atoms with Gasteiger partial charge in [0.2, 0.25) is 0 Å². The summed E-state index contributed by atoms with van der Waals surface area (Å²) >= 11 is 0. The van der Waals surface area contributed by atoms with Gasteiger partial charge in [0, 0.05) is 17.8 Å². The fourth-order valence-electron chi connectivity index (χ4n) is 0.706. The van der Waals surface area contributed by atoms with Crippen molar-refractivity contribution in [2.45, 2.75) is 0 Å². The van der Waals surface area contributed by atoms with Gasteiger partial charge in [0.05, 0.1) is 0 Å². The molecule has 0 aliphatic carbocycles. The Hall–Kier alpha value is -1.08. The summed E-state index contributed by atoms with van der Waals surface area (Å²) in [5, 5.41) is 26.2. The van der Waals surface area contributed by atoms with Gasteiger partial charge in [0.15, 0.2) is 0 Å². The van der Waals surface area contributed by atoms with E-state index in [0.717, 1.165) is 0 Å². The Balaban J connectivity index is 0. The molecule has 0 heterocycles. The topological polar surface area (TPSA) is 122 Å². The van der Waals surface area contributed by atoms with Crippen molar-refractivity contribution in [2.24, 2.45) is 0 Å². The monoisotopic (exact) mass is 166 g/mol. The SMILES string of the molecule is OB(O)c1ccccc1O.[N].[N]. The number of nitrogens with zero attached hydrogens (tertiary/aromatic N) is 2. The largest absolute Gasteiger partial charge is 0.508 e. The molecule has 0 aromatic heterocycles.